The number of thioether (sulfide) groups is 1. The SMILES string of the molecule is CSc1ccc(C2NC(=S)N(c3cccc(F)c3)C(C)=C2c2nc(-c3cccs3)no2)cc1. The van der Waals surface area contributed by atoms with Crippen molar-refractivity contribution in [1.29, 1.82) is 0 Å². The predicted molar refractivity (Wildman–Crippen MR) is 136 cm³/mol. The van der Waals surface area contributed by atoms with Crippen LogP contribution in [0.4, 0.5) is 10.1 Å². The molecule has 0 bridgehead atoms. The minimum absolute atomic E-state index is 0.296. The highest BCUT2D eigenvalue weighted by molar-refractivity contribution is 7.98. The fourth-order valence-corrected chi connectivity index (χ4v) is 5.25. The first kappa shape index (κ1) is 21.8. The average molecular weight is 495 g/mol. The maximum Gasteiger partial charge on any atom is 0.258 e. The lowest BCUT2D eigenvalue weighted by atomic mass is 9.94. The third-order valence-electron chi connectivity index (χ3n) is 5.40. The summed E-state index contributed by atoms with van der Waals surface area (Å²) in [5.41, 5.74) is 3.22. The number of anilines is 1. The molecule has 33 heavy (non-hydrogen) atoms. The van der Waals surface area contributed by atoms with Crippen LogP contribution in [0.15, 0.2) is 81.2 Å². The van der Waals surface area contributed by atoms with Crippen LogP contribution in [0.1, 0.15) is 24.4 Å². The zero-order valence-corrected chi connectivity index (χ0v) is 20.2. The van der Waals surface area contributed by atoms with Crippen LogP contribution in [0, 0.1) is 5.82 Å². The van der Waals surface area contributed by atoms with Crippen molar-refractivity contribution in [1.82, 2.24) is 15.5 Å². The summed E-state index contributed by atoms with van der Waals surface area (Å²) in [4.78, 5) is 8.58. The standard InChI is InChI=1S/C24H19FN4OS3/c1-14-20(23-27-22(28-30-23)19-7-4-12-33-19)21(15-8-10-18(32-2)11-9-15)26-24(31)29(14)17-6-3-5-16(25)13-17/h3-13,21H,1-2H3,(H,26,31). The van der Waals surface area contributed by atoms with Gasteiger partial charge in [0.05, 0.1) is 22.2 Å². The normalized spacial score (nSPS) is 16.3. The summed E-state index contributed by atoms with van der Waals surface area (Å²) >= 11 is 8.94. The van der Waals surface area contributed by atoms with Crippen LogP contribution in [0.5, 0.6) is 0 Å². The number of nitrogens with zero attached hydrogens (tertiary/aromatic N) is 3. The molecule has 2 aromatic heterocycles. The van der Waals surface area contributed by atoms with Crippen LogP contribution in [-0.4, -0.2) is 21.5 Å². The second-order valence-electron chi connectivity index (χ2n) is 7.37. The number of benzene rings is 2. The Morgan fingerprint density at radius 2 is 1.97 bits per heavy atom. The van der Waals surface area contributed by atoms with Crippen molar-refractivity contribution in [2.75, 3.05) is 11.2 Å². The van der Waals surface area contributed by atoms with Gasteiger partial charge in [0, 0.05) is 10.6 Å². The number of allylic oxidation sites excluding steroid dienone is 1. The minimum atomic E-state index is -0.336. The lowest BCUT2D eigenvalue weighted by Crippen LogP contribution is -2.46. The molecule has 0 saturated heterocycles. The fourth-order valence-electron chi connectivity index (χ4n) is 3.83. The Kier molecular flexibility index (Phi) is 6.01. The molecule has 1 aliphatic heterocycles. The first-order valence-electron chi connectivity index (χ1n) is 10.1. The maximum atomic E-state index is 14.0. The van der Waals surface area contributed by atoms with Crippen LogP contribution in [0.3, 0.4) is 0 Å². The van der Waals surface area contributed by atoms with Crippen molar-refractivity contribution in [3.05, 3.63) is 89.0 Å². The van der Waals surface area contributed by atoms with E-state index in [1.165, 1.54) is 17.0 Å². The molecule has 4 aromatic rings. The van der Waals surface area contributed by atoms with Gasteiger partial charge in [-0.1, -0.05) is 29.4 Å². The van der Waals surface area contributed by atoms with E-state index in [4.69, 9.17) is 21.7 Å². The van der Waals surface area contributed by atoms with Crippen LogP contribution in [0.25, 0.3) is 16.3 Å². The number of halogens is 1. The largest absolute Gasteiger partial charge is 0.351 e. The van der Waals surface area contributed by atoms with E-state index in [0.717, 1.165) is 21.7 Å². The molecule has 1 unspecified atom stereocenters. The zero-order chi connectivity index (χ0) is 22.9. The number of hydrogen-bond acceptors (Lipinski definition) is 6. The van der Waals surface area contributed by atoms with Crippen LogP contribution in [0.2, 0.25) is 0 Å². The van der Waals surface area contributed by atoms with Crippen molar-refractivity contribution in [3.63, 3.8) is 0 Å². The van der Waals surface area contributed by atoms with Crippen molar-refractivity contribution in [2.45, 2.75) is 17.9 Å². The molecule has 5 rings (SSSR count). The molecule has 0 fully saturated rings. The number of thiophene rings is 1. The van der Waals surface area contributed by atoms with Crippen LogP contribution < -0.4 is 10.2 Å². The molecule has 1 atom stereocenters. The highest BCUT2D eigenvalue weighted by Crippen LogP contribution is 2.39. The molecule has 0 aliphatic carbocycles. The minimum Gasteiger partial charge on any atom is -0.351 e. The van der Waals surface area contributed by atoms with Crippen molar-refractivity contribution in [3.8, 4) is 10.7 Å². The molecule has 166 valence electrons. The van der Waals surface area contributed by atoms with E-state index in [1.807, 2.05) is 36.8 Å². The molecule has 1 aliphatic rings. The van der Waals surface area contributed by atoms with Gasteiger partial charge in [0.25, 0.3) is 5.89 Å². The quantitative estimate of drug-likeness (QED) is 0.250. The Morgan fingerprint density at radius 3 is 2.67 bits per heavy atom. The molecule has 9 heteroatoms. The smallest absolute Gasteiger partial charge is 0.258 e. The van der Waals surface area contributed by atoms with Gasteiger partial charge in [-0.05, 0) is 72.7 Å². The second-order valence-corrected chi connectivity index (χ2v) is 9.58. The van der Waals surface area contributed by atoms with Crippen LogP contribution in [-0.2, 0) is 0 Å². The topological polar surface area (TPSA) is 54.2 Å². The Morgan fingerprint density at radius 1 is 1.15 bits per heavy atom. The summed E-state index contributed by atoms with van der Waals surface area (Å²) < 4.78 is 19.8. The van der Waals surface area contributed by atoms with Crippen LogP contribution >= 0.6 is 35.3 Å². The monoisotopic (exact) mass is 494 g/mol. The molecular formula is C24H19FN4OS3. The number of aromatic nitrogens is 2. The number of hydrogen-bond donors (Lipinski definition) is 1. The Bertz CT molecular complexity index is 1330. The fraction of sp³-hybridized carbons (Fsp3) is 0.125. The molecule has 1 N–H and O–H groups in total. The van der Waals surface area contributed by atoms with Gasteiger partial charge in [-0.3, -0.25) is 4.90 Å². The van der Waals surface area contributed by atoms with Gasteiger partial charge in [-0.2, -0.15) is 4.98 Å². The summed E-state index contributed by atoms with van der Waals surface area (Å²) in [5.74, 6) is 0.589. The lowest BCUT2D eigenvalue weighted by Gasteiger charge is -2.37. The summed E-state index contributed by atoms with van der Waals surface area (Å²) in [5, 5.41) is 10.1. The predicted octanol–water partition coefficient (Wildman–Crippen LogP) is 6.53. The summed E-state index contributed by atoms with van der Waals surface area (Å²) in [6.07, 6.45) is 2.04. The van der Waals surface area contributed by atoms with Gasteiger partial charge in [0.1, 0.15) is 5.82 Å². The van der Waals surface area contributed by atoms with Crippen molar-refractivity contribution >= 4 is 51.7 Å². The molecule has 0 saturated carbocycles. The van der Waals surface area contributed by atoms with Crippen molar-refractivity contribution in [2.24, 2.45) is 0 Å². The van der Waals surface area contributed by atoms with E-state index in [9.17, 15) is 4.39 Å². The Hall–Kier alpha value is -3.01. The third-order valence-corrected chi connectivity index (χ3v) is 7.31. The van der Waals surface area contributed by atoms with Gasteiger partial charge >= 0.3 is 0 Å². The van der Waals surface area contributed by atoms with Gasteiger partial charge in [0.15, 0.2) is 5.11 Å². The van der Waals surface area contributed by atoms with E-state index in [1.54, 1.807) is 34.1 Å². The van der Waals surface area contributed by atoms with Gasteiger partial charge in [-0.25, -0.2) is 4.39 Å². The van der Waals surface area contributed by atoms with E-state index < -0.39 is 0 Å². The maximum absolute atomic E-state index is 14.0. The first-order chi connectivity index (χ1) is 16.0. The molecule has 2 aromatic carbocycles. The summed E-state index contributed by atoms with van der Waals surface area (Å²) in [6, 6.07) is 18.2. The van der Waals surface area contributed by atoms with Gasteiger partial charge < -0.3 is 9.84 Å². The molecule has 0 spiro atoms. The van der Waals surface area contributed by atoms with Gasteiger partial charge in [-0.15, -0.1) is 23.1 Å². The van der Waals surface area contributed by atoms with Crippen molar-refractivity contribution < 1.29 is 8.91 Å². The lowest BCUT2D eigenvalue weighted by molar-refractivity contribution is 0.404. The van der Waals surface area contributed by atoms with E-state index >= 15 is 0 Å². The second kappa shape index (κ2) is 9.09. The molecule has 5 nitrogen and oxygen atoms in total. The van der Waals surface area contributed by atoms with Gasteiger partial charge in [0.2, 0.25) is 5.82 Å². The highest BCUT2D eigenvalue weighted by Gasteiger charge is 2.35. The third kappa shape index (κ3) is 4.19. The summed E-state index contributed by atoms with van der Waals surface area (Å²) in [7, 11) is 0. The Labute approximate surface area is 204 Å². The number of nitrogens with one attached hydrogen (secondary N) is 1. The summed E-state index contributed by atoms with van der Waals surface area (Å²) in [6.45, 7) is 1.94. The molecule has 0 radical (unpaired) electrons. The Balaban J connectivity index is 1.65. The molecule has 3 heterocycles. The number of rotatable bonds is 5. The van der Waals surface area contributed by atoms with E-state index in [2.05, 4.69) is 34.7 Å². The highest BCUT2D eigenvalue weighted by atomic mass is 32.2. The van der Waals surface area contributed by atoms with E-state index in [0.29, 0.717) is 22.5 Å². The van der Waals surface area contributed by atoms with E-state index in [-0.39, 0.29) is 11.9 Å². The average Bonchev–Trinajstić information content (AvgIpc) is 3.51. The zero-order valence-electron chi connectivity index (χ0n) is 17.8. The first-order valence-corrected chi connectivity index (χ1v) is 12.7. The number of thiocarbonyl (C=S) groups is 1. The molecular weight excluding hydrogens is 475 g/mol. The molecule has 0 amide bonds.